The van der Waals surface area contributed by atoms with Crippen LogP contribution < -0.4 is 10.6 Å². The van der Waals surface area contributed by atoms with E-state index >= 15 is 0 Å². The van der Waals surface area contributed by atoms with Gasteiger partial charge in [0, 0.05) is 12.7 Å². The lowest BCUT2D eigenvalue weighted by molar-refractivity contribution is 0.689. The Kier molecular flexibility index (Phi) is 4.86. The highest BCUT2D eigenvalue weighted by Gasteiger charge is 2.04. The Morgan fingerprint density at radius 1 is 1.30 bits per heavy atom. The molecule has 1 aromatic heterocycles. The monoisotopic (exact) mass is 328 g/mol. The van der Waals surface area contributed by atoms with Gasteiger partial charge < -0.3 is 10.6 Å². The van der Waals surface area contributed by atoms with Gasteiger partial charge in [-0.25, -0.2) is 0 Å². The van der Waals surface area contributed by atoms with Crippen molar-refractivity contribution in [3.63, 3.8) is 0 Å². The Labute approximate surface area is 133 Å². The molecule has 1 aromatic carbocycles. The second-order valence-electron chi connectivity index (χ2n) is 4.34. The largest absolute Gasteiger partial charge is 0.357 e. The highest BCUT2D eigenvalue weighted by atomic mass is 35.5. The zero-order chi connectivity index (χ0) is 14.7. The Morgan fingerprint density at radius 2 is 2.05 bits per heavy atom. The molecule has 0 aliphatic heterocycles. The third-order valence-corrected chi connectivity index (χ3v) is 3.69. The van der Waals surface area contributed by atoms with Crippen LogP contribution in [0.15, 0.2) is 24.3 Å². The summed E-state index contributed by atoms with van der Waals surface area (Å²) in [4.78, 5) is 0. The van der Waals surface area contributed by atoms with Gasteiger partial charge in [0.05, 0.1) is 28.0 Å². The lowest BCUT2D eigenvalue weighted by atomic mass is 10.3. The molecule has 7 heteroatoms. The normalized spacial score (nSPS) is 10.4. The fourth-order valence-corrected chi connectivity index (χ4v) is 2.24. The van der Waals surface area contributed by atoms with Gasteiger partial charge in [0.1, 0.15) is 0 Å². The smallest absolute Gasteiger partial charge is 0.171 e. The molecule has 2 aromatic rings. The van der Waals surface area contributed by atoms with Crippen molar-refractivity contribution in [3.05, 3.63) is 45.7 Å². The van der Waals surface area contributed by atoms with Gasteiger partial charge >= 0.3 is 0 Å². The molecular formula is C13H14Cl2N4S. The van der Waals surface area contributed by atoms with Crippen LogP contribution in [-0.2, 0) is 13.6 Å². The van der Waals surface area contributed by atoms with E-state index in [2.05, 4.69) is 15.7 Å². The molecule has 106 valence electrons. The van der Waals surface area contributed by atoms with Gasteiger partial charge in [0.2, 0.25) is 0 Å². The summed E-state index contributed by atoms with van der Waals surface area (Å²) >= 11 is 17.0. The van der Waals surface area contributed by atoms with Crippen molar-refractivity contribution in [2.45, 2.75) is 13.5 Å². The minimum atomic E-state index is 0.488. The van der Waals surface area contributed by atoms with Crippen molar-refractivity contribution < 1.29 is 0 Å². The second kappa shape index (κ2) is 6.43. The average Bonchev–Trinajstić information content (AvgIpc) is 2.70. The minimum Gasteiger partial charge on any atom is -0.357 e. The van der Waals surface area contributed by atoms with E-state index in [0.29, 0.717) is 21.7 Å². The fourth-order valence-electron chi connectivity index (χ4n) is 1.75. The molecule has 0 amide bonds. The first kappa shape index (κ1) is 15.1. The van der Waals surface area contributed by atoms with Crippen molar-refractivity contribution in [2.75, 3.05) is 5.32 Å². The molecule has 0 bridgehead atoms. The van der Waals surface area contributed by atoms with Crippen molar-refractivity contribution >= 4 is 46.2 Å². The fraction of sp³-hybridized carbons (Fsp3) is 0.231. The summed E-state index contributed by atoms with van der Waals surface area (Å²) in [6.07, 6.45) is 0. The van der Waals surface area contributed by atoms with Crippen molar-refractivity contribution in [1.82, 2.24) is 15.1 Å². The molecule has 0 saturated carbocycles. The average molecular weight is 329 g/mol. The molecule has 2 rings (SSSR count). The Balaban J connectivity index is 1.92. The first-order valence-electron chi connectivity index (χ1n) is 5.95. The number of hydrogen-bond donors (Lipinski definition) is 2. The van der Waals surface area contributed by atoms with Gasteiger partial charge in [-0.15, -0.1) is 0 Å². The number of halogens is 2. The summed E-state index contributed by atoms with van der Waals surface area (Å²) in [5.74, 6) is 0. The van der Waals surface area contributed by atoms with E-state index in [1.54, 1.807) is 12.1 Å². The van der Waals surface area contributed by atoms with Crippen LogP contribution in [0.3, 0.4) is 0 Å². The molecule has 0 unspecified atom stereocenters. The van der Waals surface area contributed by atoms with Crippen LogP contribution in [0, 0.1) is 6.92 Å². The Morgan fingerprint density at radius 3 is 2.65 bits per heavy atom. The van der Waals surface area contributed by atoms with Crippen LogP contribution in [-0.4, -0.2) is 14.9 Å². The van der Waals surface area contributed by atoms with Crippen LogP contribution in [0.5, 0.6) is 0 Å². The standard InChI is InChI=1S/C13H14Cl2N4S/c1-8-5-10(19(2)18-8)7-16-13(20)17-9-3-4-11(14)12(15)6-9/h3-6H,7H2,1-2H3,(H2,16,17,20). The molecule has 0 spiro atoms. The summed E-state index contributed by atoms with van der Waals surface area (Å²) in [5.41, 5.74) is 2.83. The number of nitrogens with zero attached hydrogens (tertiary/aromatic N) is 2. The lowest BCUT2D eigenvalue weighted by Crippen LogP contribution is -2.28. The number of benzene rings is 1. The molecule has 0 radical (unpaired) electrons. The Hall–Kier alpha value is -1.30. The number of rotatable bonds is 3. The molecule has 0 atom stereocenters. The predicted molar refractivity (Wildman–Crippen MR) is 87.5 cm³/mol. The van der Waals surface area contributed by atoms with E-state index in [-0.39, 0.29) is 0 Å². The van der Waals surface area contributed by atoms with Crippen LogP contribution in [0.1, 0.15) is 11.4 Å². The molecule has 4 nitrogen and oxygen atoms in total. The molecule has 0 fully saturated rings. The Bertz CT molecular complexity index is 639. The predicted octanol–water partition coefficient (Wildman–Crippen LogP) is 3.52. The summed E-state index contributed by atoms with van der Waals surface area (Å²) < 4.78 is 1.82. The van der Waals surface area contributed by atoms with Crippen LogP contribution in [0.2, 0.25) is 10.0 Å². The van der Waals surface area contributed by atoms with E-state index < -0.39 is 0 Å². The van der Waals surface area contributed by atoms with Crippen LogP contribution in [0.4, 0.5) is 5.69 Å². The highest BCUT2D eigenvalue weighted by molar-refractivity contribution is 7.80. The third-order valence-electron chi connectivity index (χ3n) is 2.71. The summed E-state index contributed by atoms with van der Waals surface area (Å²) in [6, 6.07) is 7.27. The number of aromatic nitrogens is 2. The first-order chi connectivity index (χ1) is 9.45. The van der Waals surface area contributed by atoms with Crippen molar-refractivity contribution in [1.29, 1.82) is 0 Å². The van der Waals surface area contributed by atoms with E-state index in [9.17, 15) is 0 Å². The van der Waals surface area contributed by atoms with Crippen molar-refractivity contribution in [2.24, 2.45) is 7.05 Å². The number of aryl methyl sites for hydroxylation is 2. The van der Waals surface area contributed by atoms with E-state index in [1.165, 1.54) is 0 Å². The number of anilines is 1. The summed E-state index contributed by atoms with van der Waals surface area (Å²) in [5, 5.41) is 12.0. The summed E-state index contributed by atoms with van der Waals surface area (Å²) in [7, 11) is 1.90. The maximum Gasteiger partial charge on any atom is 0.171 e. The number of nitrogens with one attached hydrogen (secondary N) is 2. The molecule has 1 heterocycles. The summed E-state index contributed by atoms with van der Waals surface area (Å²) in [6.45, 7) is 2.56. The van der Waals surface area contributed by atoms with E-state index in [4.69, 9.17) is 35.4 Å². The van der Waals surface area contributed by atoms with Gasteiger partial charge in [0.15, 0.2) is 5.11 Å². The first-order valence-corrected chi connectivity index (χ1v) is 7.11. The van der Waals surface area contributed by atoms with Gasteiger partial charge in [-0.3, -0.25) is 4.68 Å². The van der Waals surface area contributed by atoms with Gasteiger partial charge in [-0.1, -0.05) is 23.2 Å². The molecule has 0 aliphatic rings. The molecule has 20 heavy (non-hydrogen) atoms. The highest BCUT2D eigenvalue weighted by Crippen LogP contribution is 2.24. The van der Waals surface area contributed by atoms with Crippen molar-refractivity contribution in [3.8, 4) is 0 Å². The molecule has 0 aliphatic carbocycles. The lowest BCUT2D eigenvalue weighted by Gasteiger charge is -2.11. The molecule has 2 N–H and O–H groups in total. The molecule has 0 saturated heterocycles. The SMILES string of the molecule is Cc1cc(CNC(=S)Nc2ccc(Cl)c(Cl)c2)n(C)n1. The zero-order valence-electron chi connectivity index (χ0n) is 11.1. The third kappa shape index (κ3) is 3.85. The molecular weight excluding hydrogens is 315 g/mol. The quantitative estimate of drug-likeness (QED) is 0.846. The maximum atomic E-state index is 5.95. The number of hydrogen-bond acceptors (Lipinski definition) is 2. The van der Waals surface area contributed by atoms with Crippen LogP contribution >= 0.6 is 35.4 Å². The van der Waals surface area contributed by atoms with Gasteiger partial charge in [0.25, 0.3) is 0 Å². The number of thiocarbonyl (C=S) groups is 1. The van der Waals surface area contributed by atoms with Gasteiger partial charge in [-0.2, -0.15) is 5.10 Å². The zero-order valence-corrected chi connectivity index (χ0v) is 13.4. The van der Waals surface area contributed by atoms with E-state index in [1.807, 2.05) is 30.8 Å². The van der Waals surface area contributed by atoms with Crippen LogP contribution in [0.25, 0.3) is 0 Å². The maximum absolute atomic E-state index is 5.95. The van der Waals surface area contributed by atoms with Gasteiger partial charge in [-0.05, 0) is 43.4 Å². The van der Waals surface area contributed by atoms with E-state index in [0.717, 1.165) is 17.1 Å². The second-order valence-corrected chi connectivity index (χ2v) is 5.56. The minimum absolute atomic E-state index is 0.488. The topological polar surface area (TPSA) is 41.9 Å².